The molecular weight excluding hydrogens is 416 g/mol. The average molecular weight is 429 g/mol. The van der Waals surface area contributed by atoms with Gasteiger partial charge in [-0.05, 0) is 30.3 Å². The molecule has 4 heterocycles. The fraction of sp³-hybridized carbons (Fsp3) is 0. The molecule has 9 heteroatoms. The Balaban J connectivity index is 1.65. The van der Waals surface area contributed by atoms with Gasteiger partial charge in [0.05, 0.1) is 34.7 Å². The van der Waals surface area contributed by atoms with Crippen LogP contribution in [0.5, 0.6) is 6.01 Å². The SMILES string of the molecule is O=C(Oc1nc2nc(-c3cccnc3)c(-c3c(F)cncc3F)cc2[nH]1)c1ccccc1. The highest BCUT2D eigenvalue weighted by Gasteiger charge is 2.21. The number of nitrogens with one attached hydrogen (secondary N) is 1. The number of imidazole rings is 1. The number of esters is 1. The smallest absolute Gasteiger partial charge is 0.345 e. The van der Waals surface area contributed by atoms with Crippen LogP contribution in [0.1, 0.15) is 10.4 Å². The molecule has 0 saturated heterocycles. The van der Waals surface area contributed by atoms with E-state index in [9.17, 15) is 13.6 Å². The number of hydrogen-bond donors (Lipinski definition) is 1. The van der Waals surface area contributed by atoms with Gasteiger partial charge < -0.3 is 9.72 Å². The second-order valence-electron chi connectivity index (χ2n) is 6.77. The summed E-state index contributed by atoms with van der Waals surface area (Å²) in [5, 5.41) is 0. The van der Waals surface area contributed by atoms with Crippen LogP contribution in [-0.2, 0) is 0 Å². The van der Waals surface area contributed by atoms with Crippen molar-refractivity contribution < 1.29 is 18.3 Å². The summed E-state index contributed by atoms with van der Waals surface area (Å²) in [5.74, 6) is -2.29. The van der Waals surface area contributed by atoms with Crippen molar-refractivity contribution in [2.75, 3.05) is 0 Å². The van der Waals surface area contributed by atoms with Crippen molar-refractivity contribution in [1.82, 2.24) is 24.9 Å². The summed E-state index contributed by atoms with van der Waals surface area (Å²) < 4.78 is 34.4. The predicted octanol–water partition coefficient (Wildman–Crippen LogP) is 4.58. The Kier molecular flexibility index (Phi) is 4.83. The molecule has 0 fully saturated rings. The molecular formula is C23H13F2N5O2. The first kappa shape index (κ1) is 19.4. The number of carbonyl (C=O) groups is 1. The zero-order valence-electron chi connectivity index (χ0n) is 16.3. The van der Waals surface area contributed by atoms with E-state index in [1.165, 1.54) is 12.3 Å². The molecule has 0 amide bonds. The van der Waals surface area contributed by atoms with Crippen molar-refractivity contribution in [2.45, 2.75) is 0 Å². The lowest BCUT2D eigenvalue weighted by Gasteiger charge is -2.10. The first-order chi connectivity index (χ1) is 15.6. The maximum atomic E-state index is 14.6. The number of H-pyrrole nitrogens is 1. The Labute approximate surface area is 179 Å². The van der Waals surface area contributed by atoms with E-state index in [1.807, 2.05) is 0 Å². The minimum absolute atomic E-state index is 0.0914. The molecule has 1 aromatic carbocycles. The van der Waals surface area contributed by atoms with Gasteiger partial charge in [0.25, 0.3) is 0 Å². The molecule has 0 atom stereocenters. The molecule has 1 N–H and O–H groups in total. The van der Waals surface area contributed by atoms with Crippen LogP contribution in [0.15, 0.2) is 73.3 Å². The third-order valence-electron chi connectivity index (χ3n) is 4.71. The van der Waals surface area contributed by atoms with Crippen LogP contribution in [-0.4, -0.2) is 30.9 Å². The second-order valence-corrected chi connectivity index (χ2v) is 6.77. The van der Waals surface area contributed by atoms with Gasteiger partial charge >= 0.3 is 12.0 Å². The normalized spacial score (nSPS) is 10.9. The standard InChI is InChI=1S/C23H13F2N5O2/c24-16-11-27-12-17(25)19(16)15-9-18-21(29-20(15)14-7-4-8-26-10-14)30-23(28-18)32-22(31)13-5-2-1-3-6-13/h1-12H,(H,28,29,30). The highest BCUT2D eigenvalue weighted by Crippen LogP contribution is 2.35. The molecule has 0 saturated carbocycles. The number of nitrogens with zero attached hydrogens (tertiary/aromatic N) is 4. The molecule has 4 aromatic heterocycles. The molecule has 5 rings (SSSR count). The van der Waals surface area contributed by atoms with Crippen LogP contribution in [0.2, 0.25) is 0 Å². The summed E-state index contributed by atoms with van der Waals surface area (Å²) in [6, 6.07) is 13.2. The maximum absolute atomic E-state index is 14.6. The first-order valence-corrected chi connectivity index (χ1v) is 9.48. The lowest BCUT2D eigenvalue weighted by atomic mass is 10.00. The highest BCUT2D eigenvalue weighted by molar-refractivity contribution is 5.92. The summed E-state index contributed by atoms with van der Waals surface area (Å²) in [6.45, 7) is 0. The van der Waals surface area contributed by atoms with Crippen LogP contribution in [0.3, 0.4) is 0 Å². The number of halogens is 2. The number of ether oxygens (including phenoxy) is 1. The van der Waals surface area contributed by atoms with Crippen LogP contribution in [0.25, 0.3) is 33.5 Å². The van der Waals surface area contributed by atoms with Gasteiger partial charge in [-0.2, -0.15) is 4.98 Å². The molecule has 0 bridgehead atoms. The molecule has 0 aliphatic rings. The van der Waals surface area contributed by atoms with Gasteiger partial charge in [0, 0.05) is 23.5 Å². The zero-order chi connectivity index (χ0) is 22.1. The molecule has 32 heavy (non-hydrogen) atoms. The molecule has 0 aliphatic carbocycles. The number of fused-ring (bicyclic) bond motifs is 1. The van der Waals surface area contributed by atoms with Gasteiger partial charge in [0.15, 0.2) is 17.3 Å². The number of aromatic amines is 1. The Morgan fingerprint density at radius 3 is 2.41 bits per heavy atom. The highest BCUT2D eigenvalue weighted by atomic mass is 19.1. The van der Waals surface area contributed by atoms with Crippen LogP contribution >= 0.6 is 0 Å². The van der Waals surface area contributed by atoms with E-state index < -0.39 is 17.6 Å². The summed E-state index contributed by atoms with van der Waals surface area (Å²) in [6.07, 6.45) is 4.95. The minimum Gasteiger partial charge on any atom is -0.388 e. The molecule has 0 unspecified atom stereocenters. The quantitative estimate of drug-likeness (QED) is 0.421. The monoisotopic (exact) mass is 429 g/mol. The minimum atomic E-state index is -0.841. The summed E-state index contributed by atoms with van der Waals surface area (Å²) in [7, 11) is 0. The second kappa shape index (κ2) is 7.95. The molecule has 0 spiro atoms. The predicted molar refractivity (Wildman–Crippen MR) is 112 cm³/mol. The molecule has 0 aliphatic heterocycles. The lowest BCUT2D eigenvalue weighted by Crippen LogP contribution is -2.08. The summed E-state index contributed by atoms with van der Waals surface area (Å²) >= 11 is 0. The Bertz CT molecular complexity index is 1420. The number of pyridine rings is 3. The first-order valence-electron chi connectivity index (χ1n) is 9.48. The van der Waals surface area contributed by atoms with Crippen molar-refractivity contribution in [3.05, 3.63) is 90.5 Å². The van der Waals surface area contributed by atoms with Gasteiger partial charge in [-0.25, -0.2) is 18.6 Å². The number of benzene rings is 1. The number of hydrogen-bond acceptors (Lipinski definition) is 6. The van der Waals surface area contributed by atoms with Crippen molar-refractivity contribution in [3.63, 3.8) is 0 Å². The maximum Gasteiger partial charge on any atom is 0.345 e. The topological polar surface area (TPSA) is 93.7 Å². The Morgan fingerprint density at radius 1 is 0.906 bits per heavy atom. The third kappa shape index (κ3) is 3.56. The summed E-state index contributed by atoms with van der Waals surface area (Å²) in [5.41, 5.74) is 1.57. The molecule has 156 valence electrons. The van der Waals surface area contributed by atoms with E-state index in [2.05, 4.69) is 24.9 Å². The molecule has 5 aromatic rings. The average Bonchev–Trinajstić information content (AvgIpc) is 3.20. The third-order valence-corrected chi connectivity index (χ3v) is 4.71. The van der Waals surface area contributed by atoms with Crippen LogP contribution in [0, 0.1) is 11.6 Å². The van der Waals surface area contributed by atoms with E-state index >= 15 is 0 Å². The van der Waals surface area contributed by atoms with Crippen molar-refractivity contribution in [1.29, 1.82) is 0 Å². The fourth-order valence-electron chi connectivity index (χ4n) is 3.27. The van der Waals surface area contributed by atoms with Gasteiger partial charge in [0.2, 0.25) is 0 Å². The number of carbonyl (C=O) groups excluding carboxylic acids is 1. The van der Waals surface area contributed by atoms with E-state index in [0.717, 1.165) is 12.4 Å². The van der Waals surface area contributed by atoms with Crippen molar-refractivity contribution in [3.8, 4) is 28.4 Å². The van der Waals surface area contributed by atoms with E-state index in [-0.39, 0.29) is 28.5 Å². The van der Waals surface area contributed by atoms with E-state index in [4.69, 9.17) is 4.74 Å². The van der Waals surface area contributed by atoms with Gasteiger partial charge in [-0.1, -0.05) is 18.2 Å². The zero-order valence-corrected chi connectivity index (χ0v) is 16.3. The van der Waals surface area contributed by atoms with Crippen LogP contribution < -0.4 is 4.74 Å². The molecule has 7 nitrogen and oxygen atoms in total. The molecule has 0 radical (unpaired) electrons. The fourth-order valence-corrected chi connectivity index (χ4v) is 3.27. The largest absolute Gasteiger partial charge is 0.388 e. The Morgan fingerprint density at radius 2 is 1.69 bits per heavy atom. The van der Waals surface area contributed by atoms with Gasteiger partial charge in [0.1, 0.15) is 0 Å². The number of rotatable bonds is 4. The lowest BCUT2D eigenvalue weighted by molar-refractivity contribution is 0.0721. The summed E-state index contributed by atoms with van der Waals surface area (Å²) in [4.78, 5) is 31.5. The van der Waals surface area contributed by atoms with E-state index in [1.54, 1.807) is 48.7 Å². The van der Waals surface area contributed by atoms with Gasteiger partial charge in [-0.15, -0.1) is 0 Å². The van der Waals surface area contributed by atoms with Crippen molar-refractivity contribution in [2.24, 2.45) is 0 Å². The van der Waals surface area contributed by atoms with Gasteiger partial charge in [-0.3, -0.25) is 9.97 Å². The van der Waals surface area contributed by atoms with E-state index in [0.29, 0.717) is 16.6 Å². The van der Waals surface area contributed by atoms with Crippen molar-refractivity contribution >= 4 is 17.1 Å². The number of aromatic nitrogens is 5. The Hall–Kier alpha value is -4.53. The van der Waals surface area contributed by atoms with Crippen LogP contribution in [0.4, 0.5) is 8.78 Å².